The molecule has 0 atom stereocenters. The van der Waals surface area contributed by atoms with Crippen LogP contribution >= 0.6 is 23.2 Å². The Bertz CT molecular complexity index is 1220. The van der Waals surface area contributed by atoms with E-state index in [0.29, 0.717) is 23.8 Å². The van der Waals surface area contributed by atoms with E-state index >= 15 is 0 Å². The molecule has 1 heterocycles. The van der Waals surface area contributed by atoms with Crippen LogP contribution in [0, 0.1) is 5.41 Å². The van der Waals surface area contributed by atoms with Crippen LogP contribution in [0.4, 0.5) is 11.4 Å². The molecule has 0 bridgehead atoms. The van der Waals surface area contributed by atoms with Gasteiger partial charge in [-0.3, -0.25) is 19.4 Å². The average molecular weight is 536 g/mol. The lowest BCUT2D eigenvalue weighted by atomic mass is 9.93. The zero-order valence-electron chi connectivity index (χ0n) is 19.7. The summed E-state index contributed by atoms with van der Waals surface area (Å²) in [6.07, 6.45) is -0.211. The number of amides is 2. The topological polar surface area (TPSA) is 152 Å². The van der Waals surface area contributed by atoms with Crippen molar-refractivity contribution >= 4 is 58.3 Å². The van der Waals surface area contributed by atoms with Crippen molar-refractivity contribution < 1.29 is 24.6 Å². The third-order valence-corrected chi connectivity index (χ3v) is 6.01. The van der Waals surface area contributed by atoms with Gasteiger partial charge in [-0.25, -0.2) is 0 Å². The van der Waals surface area contributed by atoms with Gasteiger partial charge in [0.25, 0.3) is 5.91 Å². The molecule has 6 N–H and O–H groups in total. The number of carboxylic acids is 1. The molecule has 3 rings (SSSR count). The van der Waals surface area contributed by atoms with Crippen molar-refractivity contribution in [2.45, 2.75) is 26.7 Å². The lowest BCUT2D eigenvalue weighted by Crippen LogP contribution is -2.44. The number of carboxylic acid groups (broad SMARTS) is 1. The van der Waals surface area contributed by atoms with Crippen molar-refractivity contribution in [1.29, 1.82) is 0 Å². The number of carbonyl (C=O) groups is 3. The van der Waals surface area contributed by atoms with Gasteiger partial charge in [-0.15, -0.1) is 0 Å². The van der Waals surface area contributed by atoms with Gasteiger partial charge in [0.15, 0.2) is 5.96 Å². The number of aliphatic carboxylic acids is 1. The van der Waals surface area contributed by atoms with Crippen molar-refractivity contribution in [2.24, 2.45) is 10.4 Å². The second-order valence-corrected chi connectivity index (χ2v) is 9.85. The van der Waals surface area contributed by atoms with E-state index in [1.807, 2.05) is 0 Å². The van der Waals surface area contributed by atoms with Gasteiger partial charge < -0.3 is 31.5 Å². The van der Waals surface area contributed by atoms with Gasteiger partial charge in [-0.2, -0.15) is 0 Å². The SMILES string of the molecule is CC1(C)CN=C(Nc2cccc(C(=O)NCC(=O)Nc3c(Cl)cc(CCC(=O)O)c(O)c3Cl)c2)NC1. The Morgan fingerprint density at radius 3 is 2.61 bits per heavy atom. The van der Waals surface area contributed by atoms with Crippen molar-refractivity contribution in [1.82, 2.24) is 10.6 Å². The number of nitrogens with zero attached hydrogens (tertiary/aromatic N) is 1. The summed E-state index contributed by atoms with van der Waals surface area (Å²) in [4.78, 5) is 40.2. The van der Waals surface area contributed by atoms with Crippen LogP contribution in [-0.2, 0) is 16.0 Å². The van der Waals surface area contributed by atoms with E-state index in [9.17, 15) is 19.5 Å². The number of hydrogen-bond donors (Lipinski definition) is 6. The molecule has 0 aliphatic carbocycles. The highest BCUT2D eigenvalue weighted by Crippen LogP contribution is 2.40. The number of phenols is 1. The minimum Gasteiger partial charge on any atom is -0.506 e. The second kappa shape index (κ2) is 11.5. The van der Waals surface area contributed by atoms with Crippen molar-refractivity contribution in [3.8, 4) is 5.75 Å². The van der Waals surface area contributed by atoms with Crippen molar-refractivity contribution in [3.05, 3.63) is 51.5 Å². The highest BCUT2D eigenvalue weighted by Gasteiger charge is 2.22. The van der Waals surface area contributed by atoms with E-state index in [-0.39, 0.29) is 51.8 Å². The number of aromatic hydroxyl groups is 1. The van der Waals surface area contributed by atoms with Crippen LogP contribution in [0.15, 0.2) is 35.3 Å². The fourth-order valence-electron chi connectivity index (χ4n) is 3.34. The molecule has 36 heavy (non-hydrogen) atoms. The molecule has 0 spiro atoms. The van der Waals surface area contributed by atoms with Crippen LogP contribution in [0.3, 0.4) is 0 Å². The quantitative estimate of drug-likeness (QED) is 0.302. The third-order valence-electron chi connectivity index (χ3n) is 5.34. The molecule has 0 saturated carbocycles. The van der Waals surface area contributed by atoms with Crippen molar-refractivity contribution in [2.75, 3.05) is 30.3 Å². The van der Waals surface area contributed by atoms with E-state index in [2.05, 4.69) is 40.1 Å². The summed E-state index contributed by atoms with van der Waals surface area (Å²) in [6, 6.07) is 8.09. The van der Waals surface area contributed by atoms with E-state index in [0.717, 1.165) is 6.54 Å². The predicted molar refractivity (Wildman–Crippen MR) is 139 cm³/mol. The summed E-state index contributed by atoms with van der Waals surface area (Å²) in [5.41, 5.74) is 1.27. The Morgan fingerprint density at radius 1 is 1.19 bits per heavy atom. The molecule has 1 aliphatic rings. The first-order valence-corrected chi connectivity index (χ1v) is 11.9. The first kappa shape index (κ1) is 27.1. The normalized spacial score (nSPS) is 14.3. The summed E-state index contributed by atoms with van der Waals surface area (Å²) in [6.45, 7) is 5.29. The highest BCUT2D eigenvalue weighted by molar-refractivity contribution is 6.41. The minimum absolute atomic E-state index is 0.0141. The molecule has 2 aromatic rings. The number of carbonyl (C=O) groups excluding carboxylic acids is 2. The Morgan fingerprint density at radius 2 is 1.94 bits per heavy atom. The van der Waals surface area contributed by atoms with E-state index in [4.69, 9.17) is 28.3 Å². The molecule has 0 aromatic heterocycles. The van der Waals surface area contributed by atoms with Gasteiger partial charge in [0.1, 0.15) is 10.8 Å². The second-order valence-electron chi connectivity index (χ2n) is 9.07. The summed E-state index contributed by atoms with van der Waals surface area (Å²) in [5.74, 6) is -1.89. The molecular weight excluding hydrogens is 509 g/mol. The molecule has 10 nitrogen and oxygen atoms in total. The van der Waals surface area contributed by atoms with Crippen LogP contribution in [0.1, 0.15) is 36.2 Å². The number of guanidine groups is 1. The van der Waals surface area contributed by atoms with Crippen molar-refractivity contribution in [3.63, 3.8) is 0 Å². The Kier molecular flexibility index (Phi) is 8.65. The summed E-state index contributed by atoms with van der Waals surface area (Å²) in [5, 5.41) is 30.2. The Hall–Kier alpha value is -3.50. The molecule has 0 radical (unpaired) electrons. The molecule has 12 heteroatoms. The van der Waals surface area contributed by atoms with Crippen LogP contribution in [0.2, 0.25) is 10.0 Å². The summed E-state index contributed by atoms with van der Waals surface area (Å²) in [7, 11) is 0. The highest BCUT2D eigenvalue weighted by atomic mass is 35.5. The van der Waals surface area contributed by atoms with Gasteiger partial charge >= 0.3 is 5.97 Å². The lowest BCUT2D eigenvalue weighted by molar-refractivity contribution is -0.137. The third kappa shape index (κ3) is 7.25. The zero-order chi connectivity index (χ0) is 26.5. The predicted octanol–water partition coefficient (Wildman–Crippen LogP) is 3.48. The number of halogens is 2. The summed E-state index contributed by atoms with van der Waals surface area (Å²) >= 11 is 12.3. The molecule has 0 unspecified atom stereocenters. The lowest BCUT2D eigenvalue weighted by Gasteiger charge is -2.29. The van der Waals surface area contributed by atoms with Gasteiger partial charge in [0, 0.05) is 36.2 Å². The molecule has 192 valence electrons. The van der Waals surface area contributed by atoms with E-state index < -0.39 is 17.8 Å². The Labute approximate surface area is 218 Å². The van der Waals surface area contributed by atoms with Gasteiger partial charge in [-0.05, 0) is 36.2 Å². The maximum Gasteiger partial charge on any atom is 0.303 e. The first-order valence-electron chi connectivity index (χ1n) is 11.1. The molecule has 2 aromatic carbocycles. The van der Waals surface area contributed by atoms with Gasteiger partial charge in [0.05, 0.1) is 17.3 Å². The number of hydrogen-bond acceptors (Lipinski definition) is 7. The standard InChI is InChI=1S/C24H27Cl2N5O5/c1-24(2)11-28-23(29-12-24)30-15-5-3-4-14(8-15)22(36)27-10-17(32)31-20-16(25)9-13(6-7-18(33)34)21(35)19(20)26/h3-5,8-9,35H,6-7,10-12H2,1-2H3,(H,27,36)(H,31,32)(H,33,34)(H2,28,29,30). The van der Waals surface area contributed by atoms with Crippen LogP contribution in [0.25, 0.3) is 0 Å². The number of rotatable bonds is 8. The largest absolute Gasteiger partial charge is 0.506 e. The minimum atomic E-state index is -1.04. The first-order chi connectivity index (χ1) is 16.9. The Balaban J connectivity index is 1.58. The maximum absolute atomic E-state index is 12.6. The van der Waals surface area contributed by atoms with Gasteiger partial charge in [-0.1, -0.05) is 43.1 Å². The number of aryl methyl sites for hydroxylation is 1. The fourth-order valence-corrected chi connectivity index (χ4v) is 3.93. The number of benzene rings is 2. The number of anilines is 2. The smallest absolute Gasteiger partial charge is 0.303 e. The monoisotopic (exact) mass is 535 g/mol. The van der Waals surface area contributed by atoms with Crippen LogP contribution < -0.4 is 21.3 Å². The number of nitrogens with one attached hydrogen (secondary N) is 4. The molecule has 0 saturated heterocycles. The molecule has 2 amide bonds. The number of phenolic OH excluding ortho intramolecular Hbond substituents is 1. The maximum atomic E-state index is 12.6. The van der Waals surface area contributed by atoms with E-state index in [1.165, 1.54) is 6.07 Å². The zero-order valence-corrected chi connectivity index (χ0v) is 21.3. The number of aliphatic imine (C=N–C) groups is 1. The van der Waals surface area contributed by atoms with Crippen LogP contribution in [-0.4, -0.2) is 53.6 Å². The average Bonchev–Trinajstić information content (AvgIpc) is 2.83. The fraction of sp³-hybridized carbons (Fsp3) is 0.333. The van der Waals surface area contributed by atoms with E-state index in [1.54, 1.807) is 24.3 Å². The molecular formula is C24H27Cl2N5O5. The summed E-state index contributed by atoms with van der Waals surface area (Å²) < 4.78 is 0. The van der Waals surface area contributed by atoms with Gasteiger partial charge in [0.2, 0.25) is 5.91 Å². The molecule has 1 aliphatic heterocycles. The molecule has 0 fully saturated rings. The van der Waals surface area contributed by atoms with Crippen LogP contribution in [0.5, 0.6) is 5.75 Å².